The van der Waals surface area contributed by atoms with Crippen LogP contribution in [0.5, 0.6) is 0 Å². The number of aryl methyl sites for hydroxylation is 1. The molecule has 0 radical (unpaired) electrons. The average molecular weight is 299 g/mol. The summed E-state index contributed by atoms with van der Waals surface area (Å²) in [7, 11) is 0. The Bertz CT molecular complexity index is 665. The molecular formula is C12H8Cl2N2O3. The fourth-order valence-electron chi connectivity index (χ4n) is 1.53. The summed E-state index contributed by atoms with van der Waals surface area (Å²) >= 11 is 11.9. The highest BCUT2D eigenvalue weighted by Crippen LogP contribution is 2.29. The van der Waals surface area contributed by atoms with E-state index in [9.17, 15) is 10.1 Å². The lowest BCUT2D eigenvalue weighted by atomic mass is 10.2. The highest BCUT2D eigenvalue weighted by molar-refractivity contribution is 6.42. The second-order valence-electron chi connectivity index (χ2n) is 3.71. The van der Waals surface area contributed by atoms with E-state index in [2.05, 4.69) is 5.16 Å². The van der Waals surface area contributed by atoms with Crippen LogP contribution >= 0.6 is 23.2 Å². The van der Waals surface area contributed by atoms with Gasteiger partial charge in [-0.2, -0.15) is 0 Å². The van der Waals surface area contributed by atoms with Crippen LogP contribution in [-0.4, -0.2) is 10.1 Å². The van der Waals surface area contributed by atoms with E-state index in [1.165, 1.54) is 13.0 Å². The molecule has 98 valence electrons. The van der Waals surface area contributed by atoms with Crippen LogP contribution < -0.4 is 0 Å². The summed E-state index contributed by atoms with van der Waals surface area (Å²) in [5, 5.41) is 15.2. The summed E-state index contributed by atoms with van der Waals surface area (Å²) in [6, 6.07) is 5.12. The number of aromatic nitrogens is 1. The van der Waals surface area contributed by atoms with Gasteiger partial charge in [-0.3, -0.25) is 10.1 Å². The van der Waals surface area contributed by atoms with Gasteiger partial charge in [0.1, 0.15) is 0 Å². The molecule has 0 aliphatic carbocycles. The Balaban J connectivity index is 2.38. The largest absolute Gasteiger partial charge is 0.349 e. The zero-order chi connectivity index (χ0) is 14.0. The van der Waals surface area contributed by atoms with Crippen molar-refractivity contribution in [3.05, 3.63) is 55.4 Å². The fraction of sp³-hybridized carbons (Fsp3) is 0.0833. The molecule has 1 aromatic carbocycles. The van der Waals surface area contributed by atoms with Crippen molar-refractivity contribution < 1.29 is 9.45 Å². The van der Waals surface area contributed by atoms with Gasteiger partial charge in [-0.25, -0.2) is 0 Å². The van der Waals surface area contributed by atoms with Crippen molar-refractivity contribution in [2.45, 2.75) is 6.92 Å². The standard InChI is InChI=1S/C12H8Cl2N2O3/c1-7-12(16(17)18)10(19-15-7)6-5-8-3-2-4-9(13)11(8)14/h2-6H,1H3. The van der Waals surface area contributed by atoms with Crippen LogP contribution in [0.3, 0.4) is 0 Å². The molecule has 0 saturated carbocycles. The second kappa shape index (κ2) is 5.42. The molecule has 2 rings (SSSR count). The lowest BCUT2D eigenvalue weighted by Crippen LogP contribution is -1.90. The number of nitro groups is 1. The topological polar surface area (TPSA) is 69.2 Å². The van der Waals surface area contributed by atoms with Crippen LogP contribution in [0.25, 0.3) is 12.2 Å². The molecule has 0 aliphatic rings. The Morgan fingerprint density at radius 1 is 1.37 bits per heavy atom. The maximum absolute atomic E-state index is 10.9. The molecule has 2 aromatic rings. The Morgan fingerprint density at radius 3 is 2.79 bits per heavy atom. The first kappa shape index (κ1) is 13.6. The van der Waals surface area contributed by atoms with Gasteiger partial charge in [0.05, 0.1) is 15.0 Å². The van der Waals surface area contributed by atoms with Gasteiger partial charge in [0.15, 0.2) is 5.69 Å². The van der Waals surface area contributed by atoms with Crippen LogP contribution in [0.2, 0.25) is 10.0 Å². The number of rotatable bonds is 3. The van der Waals surface area contributed by atoms with Gasteiger partial charge in [-0.05, 0) is 30.7 Å². The minimum absolute atomic E-state index is 0.0681. The minimum Gasteiger partial charge on any atom is -0.349 e. The van der Waals surface area contributed by atoms with Gasteiger partial charge in [-0.1, -0.05) is 40.5 Å². The molecule has 1 aromatic heterocycles. The molecule has 0 saturated heterocycles. The summed E-state index contributed by atoms with van der Waals surface area (Å²) < 4.78 is 4.89. The highest BCUT2D eigenvalue weighted by Gasteiger charge is 2.21. The average Bonchev–Trinajstić information content (AvgIpc) is 2.72. The zero-order valence-corrected chi connectivity index (χ0v) is 11.3. The third-order valence-corrected chi connectivity index (χ3v) is 3.27. The third kappa shape index (κ3) is 2.77. The van der Waals surface area contributed by atoms with Crippen LogP contribution in [0.15, 0.2) is 22.7 Å². The molecule has 0 atom stereocenters. The number of halogens is 2. The lowest BCUT2D eigenvalue weighted by Gasteiger charge is -1.99. The van der Waals surface area contributed by atoms with E-state index >= 15 is 0 Å². The molecular weight excluding hydrogens is 291 g/mol. The van der Waals surface area contributed by atoms with E-state index in [1.54, 1.807) is 24.3 Å². The van der Waals surface area contributed by atoms with Crippen molar-refractivity contribution in [3.8, 4) is 0 Å². The third-order valence-electron chi connectivity index (χ3n) is 2.44. The Kier molecular flexibility index (Phi) is 3.87. The molecule has 0 N–H and O–H groups in total. The molecule has 1 heterocycles. The van der Waals surface area contributed by atoms with E-state index < -0.39 is 4.92 Å². The van der Waals surface area contributed by atoms with Crippen molar-refractivity contribution in [3.63, 3.8) is 0 Å². The molecule has 0 bridgehead atoms. The molecule has 0 unspecified atom stereocenters. The first-order valence-electron chi connectivity index (χ1n) is 5.23. The fourth-order valence-corrected chi connectivity index (χ4v) is 1.90. The predicted molar refractivity (Wildman–Crippen MR) is 73.3 cm³/mol. The second-order valence-corrected chi connectivity index (χ2v) is 4.50. The van der Waals surface area contributed by atoms with Gasteiger partial charge >= 0.3 is 5.69 Å². The highest BCUT2D eigenvalue weighted by atomic mass is 35.5. The van der Waals surface area contributed by atoms with Gasteiger partial charge < -0.3 is 4.52 Å². The van der Waals surface area contributed by atoms with E-state index in [0.29, 0.717) is 15.6 Å². The van der Waals surface area contributed by atoms with Crippen molar-refractivity contribution in [2.24, 2.45) is 0 Å². The van der Waals surface area contributed by atoms with Crippen molar-refractivity contribution in [2.75, 3.05) is 0 Å². The van der Waals surface area contributed by atoms with Gasteiger partial charge in [0, 0.05) is 0 Å². The van der Waals surface area contributed by atoms with Crippen molar-refractivity contribution >= 4 is 41.0 Å². The summed E-state index contributed by atoms with van der Waals surface area (Å²) in [5.74, 6) is 0.0681. The first-order chi connectivity index (χ1) is 9.00. The predicted octanol–water partition coefficient (Wildman–Crippen LogP) is 4.37. The van der Waals surface area contributed by atoms with E-state index in [-0.39, 0.29) is 17.1 Å². The van der Waals surface area contributed by atoms with Crippen LogP contribution in [-0.2, 0) is 0 Å². The smallest absolute Gasteiger partial charge is 0.338 e. The number of hydrogen-bond acceptors (Lipinski definition) is 4. The van der Waals surface area contributed by atoms with Gasteiger partial charge in [0.25, 0.3) is 0 Å². The summed E-state index contributed by atoms with van der Waals surface area (Å²) in [4.78, 5) is 10.3. The summed E-state index contributed by atoms with van der Waals surface area (Å²) in [5.41, 5.74) is 0.703. The van der Waals surface area contributed by atoms with Gasteiger partial charge in [-0.15, -0.1) is 0 Å². The summed E-state index contributed by atoms with van der Waals surface area (Å²) in [6.45, 7) is 1.51. The monoisotopic (exact) mass is 298 g/mol. The Morgan fingerprint density at radius 2 is 2.11 bits per heavy atom. The zero-order valence-electron chi connectivity index (χ0n) is 9.76. The van der Waals surface area contributed by atoms with Crippen LogP contribution in [0.1, 0.15) is 17.0 Å². The minimum atomic E-state index is -0.537. The SMILES string of the molecule is Cc1noc(C=Cc2cccc(Cl)c2Cl)c1[N+](=O)[O-]. The van der Waals surface area contributed by atoms with Crippen LogP contribution in [0.4, 0.5) is 5.69 Å². The van der Waals surface area contributed by atoms with Gasteiger partial charge in [0.2, 0.25) is 5.76 Å². The van der Waals surface area contributed by atoms with Crippen LogP contribution in [0, 0.1) is 17.0 Å². The van der Waals surface area contributed by atoms with E-state index in [4.69, 9.17) is 27.7 Å². The Labute approximate surface area is 118 Å². The molecule has 0 spiro atoms. The lowest BCUT2D eigenvalue weighted by molar-refractivity contribution is -0.386. The maximum atomic E-state index is 10.9. The molecule has 5 nitrogen and oxygen atoms in total. The normalized spacial score (nSPS) is 11.1. The van der Waals surface area contributed by atoms with E-state index in [0.717, 1.165) is 0 Å². The number of benzene rings is 1. The van der Waals surface area contributed by atoms with Crippen molar-refractivity contribution in [1.29, 1.82) is 0 Å². The molecule has 0 aliphatic heterocycles. The molecule has 0 amide bonds. The maximum Gasteiger partial charge on any atom is 0.338 e. The number of nitrogens with zero attached hydrogens (tertiary/aromatic N) is 2. The Hall–Kier alpha value is -1.85. The molecule has 19 heavy (non-hydrogen) atoms. The molecule has 0 fully saturated rings. The number of hydrogen-bond donors (Lipinski definition) is 0. The quantitative estimate of drug-likeness (QED) is 0.623. The molecule has 7 heteroatoms. The van der Waals surface area contributed by atoms with Crippen molar-refractivity contribution in [1.82, 2.24) is 5.16 Å². The summed E-state index contributed by atoms with van der Waals surface area (Å²) in [6.07, 6.45) is 3.02. The first-order valence-corrected chi connectivity index (χ1v) is 5.99. The van der Waals surface area contributed by atoms with E-state index in [1.807, 2.05) is 0 Å².